The molecule has 1 aliphatic heterocycles. The molecule has 1 atom stereocenters. The number of carbonyl (C=O) groups excluding carboxylic acids is 3. The van der Waals surface area contributed by atoms with Crippen LogP contribution in [0.2, 0.25) is 0 Å². The maximum absolute atomic E-state index is 13.1. The van der Waals surface area contributed by atoms with Crippen molar-refractivity contribution in [2.75, 3.05) is 19.6 Å². The Morgan fingerprint density at radius 2 is 1.97 bits per heavy atom. The summed E-state index contributed by atoms with van der Waals surface area (Å²) < 4.78 is 39.3. The quantitative estimate of drug-likeness (QED) is 0.563. The molecule has 0 aromatic heterocycles. The Labute approximate surface area is 174 Å². The molecule has 0 radical (unpaired) electrons. The Morgan fingerprint density at radius 1 is 1.20 bits per heavy atom. The van der Waals surface area contributed by atoms with E-state index in [-0.39, 0.29) is 30.7 Å². The third-order valence-electron chi connectivity index (χ3n) is 4.98. The highest BCUT2D eigenvalue weighted by atomic mass is 19.4. The molecule has 30 heavy (non-hydrogen) atoms. The second-order valence-electron chi connectivity index (χ2n) is 7.48. The minimum absolute atomic E-state index is 0.0563. The number of halogens is 3. The summed E-state index contributed by atoms with van der Waals surface area (Å²) >= 11 is 0. The molecule has 166 valence electrons. The molecule has 1 fully saturated rings. The van der Waals surface area contributed by atoms with Gasteiger partial charge < -0.3 is 15.5 Å². The molecule has 2 rings (SSSR count). The number of hydrogen-bond acceptors (Lipinski definition) is 3. The lowest BCUT2D eigenvalue weighted by atomic mass is 10.0. The standard InChI is InChI=1S/C21H28F3N3O3/c1-15(28)25-11-4-2-3-9-19(29)26-18(14-27-12-6-10-20(27)30)16-7-5-8-17(13-16)21(22,23)24/h5,7-8,13,18H,2-4,6,9-12,14H2,1H3,(H,25,28)(H,26,29)/t18-/m1/s1. The third kappa shape index (κ3) is 7.68. The molecule has 0 bridgehead atoms. The fraction of sp³-hybridized carbons (Fsp3) is 0.571. The van der Waals surface area contributed by atoms with E-state index in [4.69, 9.17) is 0 Å². The first-order valence-electron chi connectivity index (χ1n) is 10.2. The molecule has 0 aliphatic carbocycles. The molecule has 3 amide bonds. The van der Waals surface area contributed by atoms with Crippen LogP contribution in [0.1, 0.15) is 62.6 Å². The Balaban J connectivity index is 1.99. The van der Waals surface area contributed by atoms with Crippen LogP contribution in [-0.4, -0.2) is 42.3 Å². The number of rotatable bonds is 10. The molecule has 0 spiro atoms. The van der Waals surface area contributed by atoms with Crippen molar-refractivity contribution < 1.29 is 27.6 Å². The van der Waals surface area contributed by atoms with Crippen LogP contribution in [0.3, 0.4) is 0 Å². The van der Waals surface area contributed by atoms with E-state index < -0.39 is 17.8 Å². The van der Waals surface area contributed by atoms with Gasteiger partial charge in [-0.2, -0.15) is 13.2 Å². The molecule has 1 heterocycles. The van der Waals surface area contributed by atoms with Gasteiger partial charge in [-0.3, -0.25) is 14.4 Å². The Kier molecular flexibility index (Phi) is 8.68. The first-order chi connectivity index (χ1) is 14.2. The van der Waals surface area contributed by atoms with Crippen LogP contribution in [0.15, 0.2) is 24.3 Å². The SMILES string of the molecule is CC(=O)NCCCCCC(=O)N[C@H](CN1CCCC1=O)c1cccc(C(F)(F)F)c1. The summed E-state index contributed by atoms with van der Waals surface area (Å²) in [6.07, 6.45) is -1.05. The van der Waals surface area contributed by atoms with Crippen LogP contribution >= 0.6 is 0 Å². The van der Waals surface area contributed by atoms with E-state index in [0.29, 0.717) is 37.9 Å². The fourth-order valence-electron chi connectivity index (χ4n) is 3.40. The van der Waals surface area contributed by atoms with Crippen molar-refractivity contribution in [1.82, 2.24) is 15.5 Å². The van der Waals surface area contributed by atoms with Gasteiger partial charge in [0.15, 0.2) is 0 Å². The molecule has 1 aromatic carbocycles. The van der Waals surface area contributed by atoms with Crippen LogP contribution < -0.4 is 10.6 Å². The van der Waals surface area contributed by atoms with Crippen LogP contribution in [0.5, 0.6) is 0 Å². The van der Waals surface area contributed by atoms with E-state index >= 15 is 0 Å². The molecule has 1 aliphatic rings. The highest BCUT2D eigenvalue weighted by molar-refractivity contribution is 5.79. The number of nitrogens with zero attached hydrogens (tertiary/aromatic N) is 1. The van der Waals surface area contributed by atoms with Gasteiger partial charge in [0, 0.05) is 39.4 Å². The predicted molar refractivity (Wildman–Crippen MR) is 105 cm³/mol. The third-order valence-corrected chi connectivity index (χ3v) is 4.98. The van der Waals surface area contributed by atoms with Gasteiger partial charge in [0.1, 0.15) is 0 Å². The zero-order chi connectivity index (χ0) is 22.1. The lowest BCUT2D eigenvalue weighted by Gasteiger charge is -2.26. The van der Waals surface area contributed by atoms with Gasteiger partial charge in [-0.05, 0) is 37.0 Å². The zero-order valence-electron chi connectivity index (χ0n) is 17.1. The molecule has 0 saturated carbocycles. The summed E-state index contributed by atoms with van der Waals surface area (Å²) in [7, 11) is 0. The van der Waals surface area contributed by atoms with Crippen molar-refractivity contribution in [3.8, 4) is 0 Å². The smallest absolute Gasteiger partial charge is 0.356 e. The second-order valence-corrected chi connectivity index (χ2v) is 7.48. The predicted octanol–water partition coefficient (Wildman–Crippen LogP) is 3.18. The molecule has 1 aromatic rings. The minimum Gasteiger partial charge on any atom is -0.356 e. The summed E-state index contributed by atoms with van der Waals surface area (Å²) in [4.78, 5) is 36.8. The van der Waals surface area contributed by atoms with Crippen LogP contribution in [0.25, 0.3) is 0 Å². The summed E-state index contributed by atoms with van der Waals surface area (Å²) in [5, 5.41) is 5.48. The maximum atomic E-state index is 13.1. The van der Waals surface area contributed by atoms with Crippen LogP contribution in [0, 0.1) is 0 Å². The van der Waals surface area contributed by atoms with E-state index in [1.807, 2.05) is 0 Å². The molecule has 2 N–H and O–H groups in total. The Bertz CT molecular complexity index is 753. The average molecular weight is 427 g/mol. The normalized spacial score (nSPS) is 15.2. The lowest BCUT2D eigenvalue weighted by Crippen LogP contribution is -2.38. The van der Waals surface area contributed by atoms with Crippen molar-refractivity contribution in [2.24, 2.45) is 0 Å². The van der Waals surface area contributed by atoms with E-state index in [9.17, 15) is 27.6 Å². The van der Waals surface area contributed by atoms with E-state index in [1.165, 1.54) is 19.1 Å². The zero-order valence-corrected chi connectivity index (χ0v) is 17.1. The van der Waals surface area contributed by atoms with Crippen LogP contribution in [0.4, 0.5) is 13.2 Å². The fourth-order valence-corrected chi connectivity index (χ4v) is 3.40. The highest BCUT2D eigenvalue weighted by Crippen LogP contribution is 2.31. The Hall–Kier alpha value is -2.58. The first-order valence-corrected chi connectivity index (χ1v) is 10.2. The Morgan fingerprint density at radius 3 is 2.60 bits per heavy atom. The van der Waals surface area contributed by atoms with Crippen molar-refractivity contribution in [1.29, 1.82) is 0 Å². The van der Waals surface area contributed by atoms with Gasteiger partial charge in [0.2, 0.25) is 17.7 Å². The molecule has 0 unspecified atom stereocenters. The van der Waals surface area contributed by atoms with Crippen molar-refractivity contribution in [3.05, 3.63) is 35.4 Å². The van der Waals surface area contributed by atoms with Gasteiger partial charge in [-0.25, -0.2) is 0 Å². The molecular formula is C21H28F3N3O3. The van der Waals surface area contributed by atoms with Gasteiger partial charge in [0.05, 0.1) is 11.6 Å². The van der Waals surface area contributed by atoms with Gasteiger partial charge in [-0.1, -0.05) is 18.6 Å². The summed E-state index contributed by atoms with van der Waals surface area (Å²) in [5.74, 6) is -0.434. The van der Waals surface area contributed by atoms with E-state index in [2.05, 4.69) is 10.6 Å². The van der Waals surface area contributed by atoms with E-state index in [1.54, 1.807) is 4.90 Å². The van der Waals surface area contributed by atoms with Crippen molar-refractivity contribution >= 4 is 17.7 Å². The lowest BCUT2D eigenvalue weighted by molar-refractivity contribution is -0.137. The second kappa shape index (κ2) is 11.0. The number of hydrogen-bond donors (Lipinski definition) is 2. The van der Waals surface area contributed by atoms with Gasteiger partial charge in [-0.15, -0.1) is 0 Å². The monoisotopic (exact) mass is 427 g/mol. The largest absolute Gasteiger partial charge is 0.416 e. The highest BCUT2D eigenvalue weighted by Gasteiger charge is 2.32. The van der Waals surface area contributed by atoms with Gasteiger partial charge >= 0.3 is 6.18 Å². The molecule has 6 nitrogen and oxygen atoms in total. The summed E-state index contributed by atoms with van der Waals surface area (Å²) in [6, 6.07) is 4.15. The molecule has 9 heteroatoms. The van der Waals surface area contributed by atoms with Gasteiger partial charge in [0.25, 0.3) is 0 Å². The first kappa shape index (κ1) is 23.7. The summed E-state index contributed by atoms with van der Waals surface area (Å²) in [5.41, 5.74) is -0.464. The number of unbranched alkanes of at least 4 members (excludes halogenated alkanes) is 2. The number of benzene rings is 1. The number of likely N-dealkylation sites (tertiary alicyclic amines) is 1. The summed E-state index contributed by atoms with van der Waals surface area (Å²) in [6.45, 7) is 2.66. The number of nitrogens with one attached hydrogen (secondary N) is 2. The minimum atomic E-state index is -4.48. The maximum Gasteiger partial charge on any atom is 0.416 e. The molecule has 1 saturated heterocycles. The number of carbonyl (C=O) groups is 3. The number of amides is 3. The number of alkyl halides is 3. The van der Waals surface area contributed by atoms with Crippen LogP contribution in [-0.2, 0) is 20.6 Å². The van der Waals surface area contributed by atoms with Crippen molar-refractivity contribution in [2.45, 2.75) is 57.7 Å². The average Bonchev–Trinajstić information content (AvgIpc) is 3.08. The topological polar surface area (TPSA) is 78.5 Å². The van der Waals surface area contributed by atoms with E-state index in [0.717, 1.165) is 25.0 Å². The van der Waals surface area contributed by atoms with Crippen molar-refractivity contribution in [3.63, 3.8) is 0 Å². The molecular weight excluding hydrogens is 399 g/mol.